The van der Waals surface area contributed by atoms with Gasteiger partial charge in [-0.25, -0.2) is 0 Å². The van der Waals surface area contributed by atoms with E-state index in [-0.39, 0.29) is 0 Å². The molecular weight excluding hydrogens is 146 g/mol. The lowest BCUT2D eigenvalue weighted by atomic mass is 9.82. The molecule has 0 aromatic heterocycles. The van der Waals surface area contributed by atoms with Crippen molar-refractivity contribution in [2.75, 3.05) is 13.6 Å². The first-order valence-corrected chi connectivity index (χ1v) is 5.12. The van der Waals surface area contributed by atoms with Gasteiger partial charge in [-0.1, -0.05) is 34.1 Å². The molecule has 1 nitrogen and oxygen atoms in total. The van der Waals surface area contributed by atoms with Gasteiger partial charge in [-0.3, -0.25) is 0 Å². The molecule has 0 bridgehead atoms. The third kappa shape index (κ3) is 6.66. The van der Waals surface area contributed by atoms with Crippen molar-refractivity contribution < 1.29 is 0 Å². The van der Waals surface area contributed by atoms with E-state index in [1.165, 1.54) is 19.3 Å². The Morgan fingerprint density at radius 2 is 1.75 bits per heavy atom. The van der Waals surface area contributed by atoms with Gasteiger partial charge in [-0.2, -0.15) is 0 Å². The quantitative estimate of drug-likeness (QED) is 0.647. The van der Waals surface area contributed by atoms with Gasteiger partial charge >= 0.3 is 0 Å². The van der Waals surface area contributed by atoms with Gasteiger partial charge in [0.25, 0.3) is 0 Å². The zero-order valence-electron chi connectivity index (χ0n) is 9.41. The van der Waals surface area contributed by atoms with Crippen molar-refractivity contribution in [1.82, 2.24) is 5.32 Å². The van der Waals surface area contributed by atoms with Crippen LogP contribution < -0.4 is 5.32 Å². The third-order valence-electron chi connectivity index (χ3n) is 2.45. The molecule has 0 amide bonds. The molecule has 0 saturated heterocycles. The predicted molar refractivity (Wildman–Crippen MR) is 56.4 cm³/mol. The summed E-state index contributed by atoms with van der Waals surface area (Å²) in [6, 6.07) is 0. The van der Waals surface area contributed by atoms with Crippen LogP contribution in [0.15, 0.2) is 0 Å². The summed E-state index contributed by atoms with van der Waals surface area (Å²) in [5, 5.41) is 3.21. The second-order valence-electron chi connectivity index (χ2n) is 4.95. The summed E-state index contributed by atoms with van der Waals surface area (Å²) in [5.41, 5.74) is 0.521. The SMILES string of the molecule is CNCCC(C)(C)CCC(C)C. The summed E-state index contributed by atoms with van der Waals surface area (Å²) in [7, 11) is 2.03. The maximum atomic E-state index is 3.21. The van der Waals surface area contributed by atoms with Gasteiger partial charge in [0.05, 0.1) is 0 Å². The van der Waals surface area contributed by atoms with Crippen LogP contribution in [0.2, 0.25) is 0 Å². The lowest BCUT2D eigenvalue weighted by molar-refractivity contribution is 0.280. The molecule has 0 radical (unpaired) electrons. The van der Waals surface area contributed by atoms with Crippen molar-refractivity contribution >= 4 is 0 Å². The Hall–Kier alpha value is -0.0400. The van der Waals surface area contributed by atoms with E-state index in [1.807, 2.05) is 7.05 Å². The van der Waals surface area contributed by atoms with Crippen LogP contribution in [-0.2, 0) is 0 Å². The molecule has 0 aliphatic heterocycles. The Morgan fingerprint density at radius 1 is 1.17 bits per heavy atom. The molecule has 0 aliphatic carbocycles. The molecular formula is C11H25N. The summed E-state index contributed by atoms with van der Waals surface area (Å²) >= 11 is 0. The molecule has 1 N–H and O–H groups in total. The highest BCUT2D eigenvalue weighted by Crippen LogP contribution is 2.27. The molecule has 0 aromatic carbocycles. The molecule has 0 aromatic rings. The smallest absolute Gasteiger partial charge is 0.00468 e. The Bertz CT molecular complexity index is 106. The van der Waals surface area contributed by atoms with Crippen LogP contribution in [0, 0.1) is 11.3 Å². The van der Waals surface area contributed by atoms with Gasteiger partial charge in [-0.05, 0) is 37.8 Å². The largest absolute Gasteiger partial charge is 0.320 e. The minimum absolute atomic E-state index is 0.521. The minimum Gasteiger partial charge on any atom is -0.320 e. The lowest BCUT2D eigenvalue weighted by Gasteiger charge is -2.25. The summed E-state index contributed by atoms with van der Waals surface area (Å²) in [5.74, 6) is 0.846. The second kappa shape index (κ2) is 5.58. The minimum atomic E-state index is 0.521. The van der Waals surface area contributed by atoms with E-state index in [9.17, 15) is 0 Å². The van der Waals surface area contributed by atoms with E-state index in [0.29, 0.717) is 5.41 Å². The highest BCUT2D eigenvalue weighted by Gasteiger charge is 2.16. The third-order valence-corrected chi connectivity index (χ3v) is 2.45. The van der Waals surface area contributed by atoms with Crippen molar-refractivity contribution in [2.24, 2.45) is 11.3 Å². The Balaban J connectivity index is 3.56. The van der Waals surface area contributed by atoms with Crippen LogP contribution in [-0.4, -0.2) is 13.6 Å². The van der Waals surface area contributed by atoms with E-state index in [1.54, 1.807) is 0 Å². The molecule has 0 unspecified atom stereocenters. The Labute approximate surface area is 77.9 Å². The molecule has 0 heterocycles. The Morgan fingerprint density at radius 3 is 2.17 bits per heavy atom. The second-order valence-corrected chi connectivity index (χ2v) is 4.95. The van der Waals surface area contributed by atoms with Crippen LogP contribution in [0.25, 0.3) is 0 Å². The number of nitrogens with one attached hydrogen (secondary N) is 1. The molecule has 74 valence electrons. The first kappa shape index (κ1) is 12.0. The molecule has 1 heteroatoms. The van der Waals surface area contributed by atoms with Crippen molar-refractivity contribution in [3.63, 3.8) is 0 Å². The molecule has 0 spiro atoms. The number of rotatable bonds is 6. The van der Waals surface area contributed by atoms with E-state index in [0.717, 1.165) is 12.5 Å². The van der Waals surface area contributed by atoms with Gasteiger partial charge in [0, 0.05) is 0 Å². The van der Waals surface area contributed by atoms with Crippen molar-refractivity contribution in [3.8, 4) is 0 Å². The molecule has 0 atom stereocenters. The topological polar surface area (TPSA) is 12.0 Å². The first-order valence-electron chi connectivity index (χ1n) is 5.12. The summed E-state index contributed by atoms with van der Waals surface area (Å²) in [4.78, 5) is 0. The summed E-state index contributed by atoms with van der Waals surface area (Å²) in [6.07, 6.45) is 4.00. The fourth-order valence-electron chi connectivity index (χ4n) is 1.27. The maximum Gasteiger partial charge on any atom is -0.00468 e. The van der Waals surface area contributed by atoms with Gasteiger partial charge in [0.1, 0.15) is 0 Å². The van der Waals surface area contributed by atoms with Gasteiger partial charge < -0.3 is 5.32 Å². The average Bonchev–Trinajstić information content (AvgIpc) is 1.98. The van der Waals surface area contributed by atoms with Crippen LogP contribution >= 0.6 is 0 Å². The molecule has 12 heavy (non-hydrogen) atoms. The molecule has 0 aliphatic rings. The summed E-state index contributed by atoms with van der Waals surface area (Å²) in [6.45, 7) is 10.5. The number of hydrogen-bond acceptors (Lipinski definition) is 1. The van der Waals surface area contributed by atoms with E-state index in [2.05, 4.69) is 33.0 Å². The fraction of sp³-hybridized carbons (Fsp3) is 1.00. The molecule has 0 fully saturated rings. The van der Waals surface area contributed by atoms with Crippen molar-refractivity contribution in [3.05, 3.63) is 0 Å². The number of hydrogen-bond donors (Lipinski definition) is 1. The van der Waals surface area contributed by atoms with Gasteiger partial charge in [0.15, 0.2) is 0 Å². The zero-order valence-corrected chi connectivity index (χ0v) is 9.41. The molecule has 0 saturated carbocycles. The van der Waals surface area contributed by atoms with E-state index < -0.39 is 0 Å². The normalized spacial score (nSPS) is 12.5. The van der Waals surface area contributed by atoms with Gasteiger partial charge in [-0.15, -0.1) is 0 Å². The highest BCUT2D eigenvalue weighted by molar-refractivity contribution is 4.70. The van der Waals surface area contributed by atoms with Crippen molar-refractivity contribution in [1.29, 1.82) is 0 Å². The Kier molecular flexibility index (Phi) is 5.56. The van der Waals surface area contributed by atoms with E-state index in [4.69, 9.17) is 0 Å². The molecule has 0 rings (SSSR count). The van der Waals surface area contributed by atoms with Crippen LogP contribution in [0.1, 0.15) is 47.0 Å². The highest BCUT2D eigenvalue weighted by atomic mass is 14.8. The zero-order chi connectivity index (χ0) is 9.61. The van der Waals surface area contributed by atoms with Crippen molar-refractivity contribution in [2.45, 2.75) is 47.0 Å². The predicted octanol–water partition coefficient (Wildman–Crippen LogP) is 3.06. The fourth-order valence-corrected chi connectivity index (χ4v) is 1.27. The average molecular weight is 171 g/mol. The lowest BCUT2D eigenvalue weighted by Crippen LogP contribution is -2.20. The van der Waals surface area contributed by atoms with Crippen LogP contribution in [0.4, 0.5) is 0 Å². The first-order chi connectivity index (χ1) is 5.48. The maximum absolute atomic E-state index is 3.21. The standard InChI is InChI=1S/C11H25N/c1-10(2)6-7-11(3,4)8-9-12-5/h10,12H,6-9H2,1-5H3. The van der Waals surface area contributed by atoms with Gasteiger partial charge in [0.2, 0.25) is 0 Å². The van der Waals surface area contributed by atoms with Crippen LogP contribution in [0.5, 0.6) is 0 Å². The van der Waals surface area contributed by atoms with Crippen LogP contribution in [0.3, 0.4) is 0 Å². The monoisotopic (exact) mass is 171 g/mol. The summed E-state index contributed by atoms with van der Waals surface area (Å²) < 4.78 is 0. The van der Waals surface area contributed by atoms with E-state index >= 15 is 0 Å².